The molecule has 0 aliphatic carbocycles. The lowest BCUT2D eigenvalue weighted by Crippen LogP contribution is -2.29. The first-order valence-corrected chi connectivity index (χ1v) is 6.38. The maximum absolute atomic E-state index is 13.3. The van der Waals surface area contributed by atoms with E-state index < -0.39 is 0 Å². The van der Waals surface area contributed by atoms with Crippen molar-refractivity contribution >= 4 is 0 Å². The first-order valence-electron chi connectivity index (χ1n) is 6.38. The molecular formula is C16H19FN2. The smallest absolute Gasteiger partial charge is 0.123 e. The molecule has 2 nitrogen and oxygen atoms in total. The molecule has 0 fully saturated rings. The summed E-state index contributed by atoms with van der Waals surface area (Å²) in [4.78, 5) is 0. The highest BCUT2D eigenvalue weighted by Gasteiger charge is 2.11. The van der Waals surface area contributed by atoms with Gasteiger partial charge in [-0.15, -0.1) is 0 Å². The molecular weight excluding hydrogens is 239 g/mol. The van der Waals surface area contributed by atoms with Crippen LogP contribution < -0.4 is 11.3 Å². The van der Waals surface area contributed by atoms with Crippen LogP contribution in [-0.4, -0.2) is 0 Å². The van der Waals surface area contributed by atoms with Crippen LogP contribution in [0.3, 0.4) is 0 Å². The maximum atomic E-state index is 13.3. The minimum atomic E-state index is -0.238. The molecule has 0 aromatic heterocycles. The molecule has 19 heavy (non-hydrogen) atoms. The lowest BCUT2D eigenvalue weighted by molar-refractivity contribution is 0.544. The zero-order valence-corrected chi connectivity index (χ0v) is 11.3. The summed E-state index contributed by atoms with van der Waals surface area (Å²) >= 11 is 0. The minimum absolute atomic E-state index is 0.0854. The Balaban J connectivity index is 2.21. The van der Waals surface area contributed by atoms with Crippen molar-refractivity contribution in [3.8, 4) is 0 Å². The standard InChI is InChI=1S/C16H19FN2/c1-11-6-7-13(8-12(11)2)9-16(19-18)14-4-3-5-15(17)10-14/h3-8,10,16,19H,9,18H2,1-2H3. The fourth-order valence-electron chi connectivity index (χ4n) is 2.16. The quantitative estimate of drug-likeness (QED) is 0.653. The van der Waals surface area contributed by atoms with Gasteiger partial charge in [-0.3, -0.25) is 11.3 Å². The van der Waals surface area contributed by atoms with Gasteiger partial charge < -0.3 is 0 Å². The van der Waals surface area contributed by atoms with Crippen LogP contribution in [0.1, 0.15) is 28.3 Å². The van der Waals surface area contributed by atoms with Crippen molar-refractivity contribution in [2.75, 3.05) is 0 Å². The third-order valence-electron chi connectivity index (χ3n) is 3.46. The molecule has 0 heterocycles. The predicted octanol–water partition coefficient (Wildman–Crippen LogP) is 3.19. The number of aryl methyl sites for hydroxylation is 2. The Morgan fingerprint density at radius 1 is 1.11 bits per heavy atom. The van der Waals surface area contributed by atoms with E-state index in [4.69, 9.17) is 5.84 Å². The predicted molar refractivity (Wildman–Crippen MR) is 76.1 cm³/mol. The van der Waals surface area contributed by atoms with Crippen molar-refractivity contribution in [3.63, 3.8) is 0 Å². The number of nitrogens with one attached hydrogen (secondary N) is 1. The first-order chi connectivity index (χ1) is 9.10. The summed E-state index contributed by atoms with van der Waals surface area (Å²) in [7, 11) is 0. The molecule has 2 rings (SSSR count). The topological polar surface area (TPSA) is 38.0 Å². The van der Waals surface area contributed by atoms with E-state index in [1.54, 1.807) is 6.07 Å². The Bertz CT molecular complexity index is 566. The van der Waals surface area contributed by atoms with Gasteiger partial charge in [0.2, 0.25) is 0 Å². The second kappa shape index (κ2) is 5.95. The highest BCUT2D eigenvalue weighted by atomic mass is 19.1. The van der Waals surface area contributed by atoms with Crippen molar-refractivity contribution in [2.45, 2.75) is 26.3 Å². The third-order valence-corrected chi connectivity index (χ3v) is 3.46. The molecule has 0 saturated heterocycles. The van der Waals surface area contributed by atoms with E-state index in [2.05, 4.69) is 37.5 Å². The van der Waals surface area contributed by atoms with E-state index in [1.165, 1.54) is 28.8 Å². The molecule has 2 aromatic rings. The summed E-state index contributed by atoms with van der Waals surface area (Å²) in [6, 6.07) is 12.8. The Hall–Kier alpha value is -1.71. The van der Waals surface area contributed by atoms with Crippen molar-refractivity contribution in [1.82, 2.24) is 5.43 Å². The van der Waals surface area contributed by atoms with Crippen LogP contribution >= 0.6 is 0 Å². The summed E-state index contributed by atoms with van der Waals surface area (Å²) in [5.74, 6) is 5.36. The summed E-state index contributed by atoms with van der Waals surface area (Å²) in [6.45, 7) is 4.18. The fourth-order valence-corrected chi connectivity index (χ4v) is 2.16. The van der Waals surface area contributed by atoms with Gasteiger partial charge in [-0.05, 0) is 54.7 Å². The molecule has 2 aromatic carbocycles. The Morgan fingerprint density at radius 2 is 1.89 bits per heavy atom. The second-order valence-corrected chi connectivity index (χ2v) is 4.90. The van der Waals surface area contributed by atoms with E-state index in [0.29, 0.717) is 0 Å². The van der Waals surface area contributed by atoms with Crippen LogP contribution in [0.4, 0.5) is 4.39 Å². The number of hydrogen-bond donors (Lipinski definition) is 2. The lowest BCUT2D eigenvalue weighted by Gasteiger charge is -2.17. The maximum Gasteiger partial charge on any atom is 0.123 e. The van der Waals surface area contributed by atoms with Crippen LogP contribution in [0.15, 0.2) is 42.5 Å². The summed E-state index contributed by atoms with van der Waals surface area (Å²) in [5.41, 5.74) is 7.34. The number of nitrogens with two attached hydrogens (primary N) is 1. The van der Waals surface area contributed by atoms with Crippen molar-refractivity contribution < 1.29 is 4.39 Å². The molecule has 0 bridgehead atoms. The van der Waals surface area contributed by atoms with Gasteiger partial charge in [-0.2, -0.15) is 0 Å². The van der Waals surface area contributed by atoms with Gasteiger partial charge in [-0.25, -0.2) is 4.39 Å². The number of benzene rings is 2. The van der Waals surface area contributed by atoms with Gasteiger partial charge in [0.1, 0.15) is 5.82 Å². The Labute approximate surface area is 113 Å². The van der Waals surface area contributed by atoms with Gasteiger partial charge in [0.25, 0.3) is 0 Å². The number of hydrazine groups is 1. The molecule has 0 saturated carbocycles. The fraction of sp³-hybridized carbons (Fsp3) is 0.250. The summed E-state index contributed by atoms with van der Waals surface area (Å²) in [6.07, 6.45) is 0.737. The van der Waals surface area contributed by atoms with Crippen LogP contribution in [0.5, 0.6) is 0 Å². The third kappa shape index (κ3) is 3.40. The molecule has 0 aliphatic rings. The monoisotopic (exact) mass is 258 g/mol. The Kier molecular flexibility index (Phi) is 4.30. The van der Waals surface area contributed by atoms with Gasteiger partial charge in [-0.1, -0.05) is 30.3 Å². The van der Waals surface area contributed by atoms with Crippen molar-refractivity contribution in [1.29, 1.82) is 0 Å². The second-order valence-electron chi connectivity index (χ2n) is 4.90. The zero-order chi connectivity index (χ0) is 13.8. The molecule has 0 amide bonds. The zero-order valence-electron chi connectivity index (χ0n) is 11.3. The van der Waals surface area contributed by atoms with Crippen LogP contribution in [0.2, 0.25) is 0 Å². The van der Waals surface area contributed by atoms with E-state index in [0.717, 1.165) is 12.0 Å². The van der Waals surface area contributed by atoms with Gasteiger partial charge >= 0.3 is 0 Å². The van der Waals surface area contributed by atoms with Gasteiger partial charge in [0, 0.05) is 0 Å². The van der Waals surface area contributed by atoms with Gasteiger partial charge in [0.15, 0.2) is 0 Å². The molecule has 0 spiro atoms. The summed E-state index contributed by atoms with van der Waals surface area (Å²) in [5, 5.41) is 0. The minimum Gasteiger partial charge on any atom is -0.271 e. The van der Waals surface area contributed by atoms with Crippen LogP contribution in [0, 0.1) is 19.7 Å². The highest BCUT2D eigenvalue weighted by molar-refractivity contribution is 5.31. The largest absolute Gasteiger partial charge is 0.271 e. The number of halogens is 1. The first kappa shape index (κ1) is 13.7. The lowest BCUT2D eigenvalue weighted by atomic mass is 9.97. The average molecular weight is 258 g/mol. The molecule has 0 radical (unpaired) electrons. The number of rotatable bonds is 4. The Morgan fingerprint density at radius 3 is 2.53 bits per heavy atom. The van der Waals surface area contributed by atoms with Crippen LogP contribution in [0.25, 0.3) is 0 Å². The van der Waals surface area contributed by atoms with E-state index in [9.17, 15) is 4.39 Å². The summed E-state index contributed by atoms with van der Waals surface area (Å²) < 4.78 is 13.3. The van der Waals surface area contributed by atoms with E-state index in [1.807, 2.05) is 6.07 Å². The molecule has 100 valence electrons. The van der Waals surface area contributed by atoms with E-state index >= 15 is 0 Å². The molecule has 1 unspecified atom stereocenters. The van der Waals surface area contributed by atoms with Gasteiger partial charge in [0.05, 0.1) is 6.04 Å². The van der Waals surface area contributed by atoms with Crippen LogP contribution in [-0.2, 0) is 6.42 Å². The normalized spacial score (nSPS) is 12.4. The van der Waals surface area contributed by atoms with E-state index in [-0.39, 0.29) is 11.9 Å². The molecule has 3 N–H and O–H groups in total. The van der Waals surface area contributed by atoms with Crippen molar-refractivity contribution in [2.24, 2.45) is 5.84 Å². The number of hydrogen-bond acceptors (Lipinski definition) is 2. The molecule has 1 atom stereocenters. The average Bonchev–Trinajstić information content (AvgIpc) is 2.40. The molecule has 0 aliphatic heterocycles. The van der Waals surface area contributed by atoms with Crippen molar-refractivity contribution in [3.05, 3.63) is 70.5 Å². The SMILES string of the molecule is Cc1ccc(CC(NN)c2cccc(F)c2)cc1C. The highest BCUT2D eigenvalue weighted by Crippen LogP contribution is 2.20. The molecule has 3 heteroatoms.